The van der Waals surface area contributed by atoms with Crippen molar-refractivity contribution >= 4 is 43.9 Å². The van der Waals surface area contributed by atoms with Crippen LogP contribution in [0.5, 0.6) is 0 Å². The fraction of sp³-hybridized carbons (Fsp3) is 0.194. The third-order valence-corrected chi connectivity index (χ3v) is 8.61. The van der Waals surface area contributed by atoms with E-state index in [1.54, 1.807) is 11.3 Å². The van der Waals surface area contributed by atoms with Gasteiger partial charge in [0.2, 0.25) is 5.91 Å². The highest BCUT2D eigenvalue weighted by atomic mass is 32.1. The van der Waals surface area contributed by atoms with Crippen molar-refractivity contribution in [2.24, 2.45) is 5.92 Å². The maximum absolute atomic E-state index is 13.6. The van der Waals surface area contributed by atoms with E-state index in [0.717, 1.165) is 49.6 Å². The van der Waals surface area contributed by atoms with Crippen molar-refractivity contribution in [3.05, 3.63) is 125 Å². The standard InChI is InChI=1S/C36H33N3O2S/c1-23-8-10-26(11-9-23)19-29(21-31(40)20-27-17-24(2)16-25(3)18-27)35(41)37-30-14-12-28(13-15-30)32-22-39-33-6-4-5-7-34(33)42-36(39)38-32/h4-18,22,29H,19-21H2,1-3H3,(H,37,41)/t29-/m1/s1. The number of benzene rings is 4. The number of amides is 1. The Morgan fingerprint density at radius 1 is 0.833 bits per heavy atom. The number of imidazole rings is 1. The van der Waals surface area contributed by atoms with Crippen molar-refractivity contribution < 1.29 is 9.59 Å². The number of rotatable bonds is 9. The number of hydrogen-bond acceptors (Lipinski definition) is 4. The van der Waals surface area contributed by atoms with Crippen molar-refractivity contribution in [1.29, 1.82) is 0 Å². The van der Waals surface area contributed by atoms with Crippen LogP contribution in [0.3, 0.4) is 0 Å². The molecule has 2 heterocycles. The molecule has 0 bridgehead atoms. The Balaban J connectivity index is 1.18. The predicted octanol–water partition coefficient (Wildman–Crippen LogP) is 8.14. The molecule has 42 heavy (non-hydrogen) atoms. The molecule has 1 atom stereocenters. The SMILES string of the molecule is Cc1ccc(C[C@H](CC(=O)Cc2cc(C)cc(C)c2)C(=O)Nc2ccc(-c3cn4c(n3)sc3ccccc34)cc2)cc1. The number of Topliss-reactive ketones (excluding diaryl/α,β-unsaturated/α-hetero) is 1. The quantitative estimate of drug-likeness (QED) is 0.191. The molecule has 2 aromatic heterocycles. The summed E-state index contributed by atoms with van der Waals surface area (Å²) in [4.78, 5) is 32.5. The molecule has 0 aliphatic heterocycles. The van der Waals surface area contributed by atoms with Gasteiger partial charge in [0.05, 0.1) is 15.9 Å². The van der Waals surface area contributed by atoms with Gasteiger partial charge in [-0.2, -0.15) is 0 Å². The molecular weight excluding hydrogens is 538 g/mol. The summed E-state index contributed by atoms with van der Waals surface area (Å²) in [5.74, 6) is -0.556. The van der Waals surface area contributed by atoms with E-state index in [-0.39, 0.29) is 18.1 Å². The topological polar surface area (TPSA) is 63.5 Å². The summed E-state index contributed by atoms with van der Waals surface area (Å²) >= 11 is 1.67. The number of thiazole rings is 1. The Labute approximate surface area is 249 Å². The first-order valence-corrected chi connectivity index (χ1v) is 15.0. The van der Waals surface area contributed by atoms with Gasteiger partial charge in [-0.3, -0.25) is 14.0 Å². The van der Waals surface area contributed by atoms with Crippen molar-refractivity contribution in [2.45, 2.75) is 40.0 Å². The van der Waals surface area contributed by atoms with Gasteiger partial charge in [-0.15, -0.1) is 0 Å². The summed E-state index contributed by atoms with van der Waals surface area (Å²) in [6.45, 7) is 6.12. The lowest BCUT2D eigenvalue weighted by Crippen LogP contribution is -2.27. The van der Waals surface area contributed by atoms with Crippen molar-refractivity contribution in [1.82, 2.24) is 9.38 Å². The van der Waals surface area contributed by atoms with E-state index in [1.165, 1.54) is 4.70 Å². The van der Waals surface area contributed by atoms with Crippen LogP contribution in [0.25, 0.3) is 26.4 Å². The van der Waals surface area contributed by atoms with Crippen LogP contribution in [0.2, 0.25) is 0 Å². The number of anilines is 1. The molecule has 6 aromatic rings. The molecule has 1 amide bonds. The highest BCUT2D eigenvalue weighted by molar-refractivity contribution is 7.23. The summed E-state index contributed by atoms with van der Waals surface area (Å²) < 4.78 is 3.33. The average molecular weight is 572 g/mol. The molecule has 6 heteroatoms. The highest BCUT2D eigenvalue weighted by Gasteiger charge is 2.23. The molecule has 0 saturated heterocycles. The van der Waals surface area contributed by atoms with E-state index < -0.39 is 5.92 Å². The molecule has 6 rings (SSSR count). The Kier molecular flexibility index (Phi) is 7.72. The van der Waals surface area contributed by atoms with E-state index in [2.05, 4.69) is 34.1 Å². The first kappa shape index (κ1) is 27.6. The van der Waals surface area contributed by atoms with Crippen molar-refractivity contribution in [2.75, 3.05) is 5.32 Å². The molecule has 0 saturated carbocycles. The van der Waals surface area contributed by atoms with E-state index in [0.29, 0.717) is 18.5 Å². The zero-order valence-electron chi connectivity index (χ0n) is 24.1. The van der Waals surface area contributed by atoms with Crippen molar-refractivity contribution in [3.8, 4) is 11.3 Å². The molecule has 0 aliphatic carbocycles. The third-order valence-electron chi connectivity index (χ3n) is 7.58. The maximum Gasteiger partial charge on any atom is 0.228 e. The van der Waals surface area contributed by atoms with Crippen LogP contribution in [-0.2, 0) is 22.4 Å². The lowest BCUT2D eigenvalue weighted by Gasteiger charge is -2.17. The maximum atomic E-state index is 13.6. The number of carbonyl (C=O) groups excluding carboxylic acids is 2. The first-order chi connectivity index (χ1) is 20.3. The fourth-order valence-electron chi connectivity index (χ4n) is 5.57. The number of aryl methyl sites for hydroxylation is 3. The zero-order chi connectivity index (χ0) is 29.2. The minimum atomic E-state index is -0.473. The van der Waals surface area contributed by atoms with Crippen LogP contribution in [0, 0.1) is 26.7 Å². The number of aromatic nitrogens is 2. The number of nitrogens with zero attached hydrogens (tertiary/aromatic N) is 2. The molecule has 0 fully saturated rings. The normalized spacial score (nSPS) is 12.1. The van der Waals surface area contributed by atoms with E-state index in [1.807, 2.05) is 93.6 Å². The summed E-state index contributed by atoms with van der Waals surface area (Å²) in [6.07, 6.45) is 3.07. The van der Waals surface area contributed by atoms with Crippen LogP contribution in [0.1, 0.15) is 34.2 Å². The van der Waals surface area contributed by atoms with Gasteiger partial charge in [0.15, 0.2) is 4.96 Å². The molecule has 5 nitrogen and oxygen atoms in total. The van der Waals surface area contributed by atoms with Gasteiger partial charge in [-0.05, 0) is 62.6 Å². The van der Waals surface area contributed by atoms with E-state index >= 15 is 0 Å². The molecule has 4 aromatic carbocycles. The van der Waals surface area contributed by atoms with Crippen LogP contribution in [-0.4, -0.2) is 21.1 Å². The van der Waals surface area contributed by atoms with Gasteiger partial charge in [0.1, 0.15) is 5.78 Å². The molecule has 1 N–H and O–H groups in total. The van der Waals surface area contributed by atoms with E-state index in [4.69, 9.17) is 4.98 Å². The van der Waals surface area contributed by atoms with Crippen LogP contribution in [0.15, 0.2) is 97.2 Å². The summed E-state index contributed by atoms with van der Waals surface area (Å²) in [5.41, 5.74) is 9.19. The molecule has 0 unspecified atom stereocenters. The molecule has 0 radical (unpaired) electrons. The minimum absolute atomic E-state index is 0.0647. The van der Waals surface area contributed by atoms with Gasteiger partial charge in [-0.25, -0.2) is 4.98 Å². The lowest BCUT2D eigenvalue weighted by molar-refractivity contribution is -0.125. The fourth-order valence-corrected chi connectivity index (χ4v) is 6.58. The smallest absolute Gasteiger partial charge is 0.228 e. The summed E-state index contributed by atoms with van der Waals surface area (Å²) in [5, 5.41) is 3.07. The second-order valence-electron chi connectivity index (χ2n) is 11.2. The third kappa shape index (κ3) is 6.19. The zero-order valence-corrected chi connectivity index (χ0v) is 24.9. The lowest BCUT2D eigenvalue weighted by atomic mass is 9.90. The second-order valence-corrected chi connectivity index (χ2v) is 12.2. The number of fused-ring (bicyclic) bond motifs is 3. The van der Waals surface area contributed by atoms with Gasteiger partial charge >= 0.3 is 0 Å². The monoisotopic (exact) mass is 571 g/mol. The second kappa shape index (κ2) is 11.7. The molecule has 0 aliphatic rings. The van der Waals surface area contributed by atoms with Crippen molar-refractivity contribution in [3.63, 3.8) is 0 Å². The van der Waals surface area contributed by atoms with Gasteiger partial charge in [-0.1, -0.05) is 94.8 Å². The Morgan fingerprint density at radius 3 is 2.29 bits per heavy atom. The highest BCUT2D eigenvalue weighted by Crippen LogP contribution is 2.30. The van der Waals surface area contributed by atoms with Crippen LogP contribution < -0.4 is 5.32 Å². The Bertz CT molecular complexity index is 1880. The average Bonchev–Trinajstić information content (AvgIpc) is 3.52. The number of carbonyl (C=O) groups is 2. The predicted molar refractivity (Wildman–Crippen MR) is 172 cm³/mol. The first-order valence-electron chi connectivity index (χ1n) is 14.2. The minimum Gasteiger partial charge on any atom is -0.326 e. The Morgan fingerprint density at radius 2 is 1.55 bits per heavy atom. The van der Waals surface area contributed by atoms with Gasteiger partial charge in [0.25, 0.3) is 0 Å². The molecule has 0 spiro atoms. The van der Waals surface area contributed by atoms with E-state index in [9.17, 15) is 9.59 Å². The number of nitrogens with one attached hydrogen (secondary N) is 1. The Hall–Kier alpha value is -4.55. The number of ketones is 1. The van der Waals surface area contributed by atoms with Crippen LogP contribution >= 0.6 is 11.3 Å². The van der Waals surface area contributed by atoms with Gasteiger partial charge in [0, 0.05) is 36.2 Å². The summed E-state index contributed by atoms with van der Waals surface area (Å²) in [7, 11) is 0. The molecular formula is C36H33N3O2S. The largest absolute Gasteiger partial charge is 0.326 e. The number of para-hydroxylation sites is 1. The number of hydrogen-bond donors (Lipinski definition) is 1. The summed E-state index contributed by atoms with van der Waals surface area (Å²) in [6, 6.07) is 30.4. The molecule has 210 valence electrons. The van der Waals surface area contributed by atoms with Gasteiger partial charge < -0.3 is 5.32 Å². The van der Waals surface area contributed by atoms with Crippen LogP contribution in [0.4, 0.5) is 5.69 Å².